The summed E-state index contributed by atoms with van der Waals surface area (Å²) in [6.07, 6.45) is 7.89. The molecule has 7 rings (SSSR count). The summed E-state index contributed by atoms with van der Waals surface area (Å²) in [5.41, 5.74) is 1.64. The van der Waals surface area contributed by atoms with Crippen LogP contribution < -0.4 is 14.4 Å². The summed E-state index contributed by atoms with van der Waals surface area (Å²) in [5, 5.41) is 0.712. The number of fused-ring (bicyclic) bond motifs is 4. The van der Waals surface area contributed by atoms with E-state index < -0.39 is 27.6 Å². The number of aryl methyl sites for hydroxylation is 1. The maximum Gasteiger partial charge on any atom is 0.410 e. The van der Waals surface area contributed by atoms with Gasteiger partial charge < -0.3 is 19.3 Å². The van der Waals surface area contributed by atoms with Gasteiger partial charge in [0.15, 0.2) is 0 Å². The summed E-state index contributed by atoms with van der Waals surface area (Å²) in [5.74, 6) is 0.710. The van der Waals surface area contributed by atoms with E-state index in [4.69, 9.17) is 21.1 Å². The Kier molecular flexibility index (Phi) is 8.93. The molecule has 2 aromatic carbocycles. The Labute approximate surface area is 294 Å². The highest BCUT2D eigenvalue weighted by molar-refractivity contribution is 7.90. The number of nitrogens with zero attached hydrogens (tertiary/aromatic N) is 3. The van der Waals surface area contributed by atoms with E-state index in [0.29, 0.717) is 61.7 Å². The average molecular weight is 711 g/mol. The Balaban J connectivity index is 1.29. The number of sulfonamides is 1. The van der Waals surface area contributed by atoms with E-state index in [0.717, 1.165) is 32.1 Å². The number of halogens is 1. The zero-order valence-electron chi connectivity index (χ0n) is 28.8. The molecule has 2 fully saturated rings. The molecule has 0 aromatic heterocycles. The Morgan fingerprint density at radius 2 is 1.90 bits per heavy atom. The molecule has 3 aliphatic heterocycles. The van der Waals surface area contributed by atoms with Crippen molar-refractivity contribution in [3.05, 3.63) is 64.7 Å². The van der Waals surface area contributed by atoms with Gasteiger partial charge in [-0.2, -0.15) is 0 Å². The maximum absolute atomic E-state index is 13.8. The van der Waals surface area contributed by atoms with E-state index in [1.165, 1.54) is 17.2 Å². The van der Waals surface area contributed by atoms with Crippen LogP contribution in [0.15, 0.2) is 53.4 Å². The van der Waals surface area contributed by atoms with Crippen molar-refractivity contribution < 1.29 is 27.5 Å². The van der Waals surface area contributed by atoms with Gasteiger partial charge in [-0.1, -0.05) is 30.7 Å². The fourth-order valence-corrected chi connectivity index (χ4v) is 9.49. The molecule has 2 aromatic rings. The molecule has 5 aliphatic rings. The first-order valence-electron chi connectivity index (χ1n) is 17.5. The minimum atomic E-state index is -4.20. The first-order valence-corrected chi connectivity index (χ1v) is 19.3. The maximum atomic E-state index is 13.8. The molecule has 2 aliphatic carbocycles. The number of rotatable bonds is 1. The number of anilines is 1. The van der Waals surface area contributed by atoms with Crippen LogP contribution in [0.1, 0.15) is 57.6 Å². The van der Waals surface area contributed by atoms with Crippen molar-refractivity contribution in [3.8, 4) is 5.75 Å². The van der Waals surface area contributed by atoms with Gasteiger partial charge in [-0.25, -0.2) is 17.9 Å². The fourth-order valence-electron chi connectivity index (χ4n) is 8.17. The van der Waals surface area contributed by atoms with Gasteiger partial charge in [0, 0.05) is 49.1 Å². The molecular formula is C37H47ClN4O6S. The molecule has 12 heteroatoms. The summed E-state index contributed by atoms with van der Waals surface area (Å²) in [7, 11) is -2.42. The highest BCUT2D eigenvalue weighted by Gasteiger charge is 2.46. The van der Waals surface area contributed by atoms with Crippen molar-refractivity contribution in [1.29, 1.82) is 0 Å². The summed E-state index contributed by atoms with van der Waals surface area (Å²) in [4.78, 5) is 32.6. The van der Waals surface area contributed by atoms with Crippen LogP contribution in [-0.2, 0) is 31.4 Å². The zero-order chi connectivity index (χ0) is 34.7. The number of likely N-dealkylation sites (tertiary alicyclic amines) is 1. The number of carbonyl (C=O) groups is 2. The molecule has 1 saturated heterocycles. The molecule has 2 amide bonds. The molecule has 10 nitrogen and oxygen atoms in total. The van der Waals surface area contributed by atoms with Crippen LogP contribution in [0, 0.1) is 17.8 Å². The number of amides is 2. The number of carbonyl (C=O) groups excluding carboxylic acids is 2. The SMILES string of the molecule is CC1CN(C(=O)O[C@H]2/C=C/CN(C)C(C)(C)C(=O)NS(=O)(=O)c3ccc4c(c3)N(C[C@@H]3CC[C@H]32)C[C@@]2(CCCc3cc(Cl)ccc32)CO4)C1. The van der Waals surface area contributed by atoms with Crippen LogP contribution in [-0.4, -0.2) is 88.2 Å². The highest BCUT2D eigenvalue weighted by atomic mass is 35.5. The molecule has 3 heterocycles. The Morgan fingerprint density at radius 1 is 1.10 bits per heavy atom. The predicted molar refractivity (Wildman–Crippen MR) is 189 cm³/mol. The molecule has 0 radical (unpaired) electrons. The van der Waals surface area contributed by atoms with Gasteiger partial charge in [0.1, 0.15) is 11.9 Å². The van der Waals surface area contributed by atoms with Crippen molar-refractivity contribution in [2.75, 3.05) is 51.3 Å². The third-order valence-corrected chi connectivity index (χ3v) is 13.2. The van der Waals surface area contributed by atoms with Crippen LogP contribution in [0.4, 0.5) is 10.5 Å². The van der Waals surface area contributed by atoms with Crippen LogP contribution in [0.5, 0.6) is 5.75 Å². The number of hydrogen-bond acceptors (Lipinski definition) is 8. The normalized spacial score (nSPS) is 30.4. The molecule has 1 saturated carbocycles. The minimum Gasteiger partial charge on any atom is -0.490 e. The minimum absolute atomic E-state index is 0.00571. The summed E-state index contributed by atoms with van der Waals surface area (Å²) >= 11 is 6.44. The Hall–Kier alpha value is -3.28. The van der Waals surface area contributed by atoms with E-state index in [2.05, 4.69) is 28.7 Å². The van der Waals surface area contributed by atoms with Crippen LogP contribution in [0.2, 0.25) is 5.02 Å². The largest absolute Gasteiger partial charge is 0.490 e. The van der Waals surface area contributed by atoms with Crippen LogP contribution in [0.3, 0.4) is 0 Å². The van der Waals surface area contributed by atoms with Gasteiger partial charge in [-0.15, -0.1) is 0 Å². The number of benzene rings is 2. The molecule has 264 valence electrons. The second-order valence-electron chi connectivity index (χ2n) is 15.4. The lowest BCUT2D eigenvalue weighted by Gasteiger charge is -2.46. The highest BCUT2D eigenvalue weighted by Crippen LogP contribution is 2.47. The lowest BCUT2D eigenvalue weighted by Crippen LogP contribution is -2.54. The predicted octanol–water partition coefficient (Wildman–Crippen LogP) is 5.38. The molecule has 4 atom stereocenters. The Bertz CT molecular complexity index is 1780. The topological polar surface area (TPSA) is 108 Å². The first kappa shape index (κ1) is 34.2. The van der Waals surface area contributed by atoms with E-state index in [9.17, 15) is 18.0 Å². The summed E-state index contributed by atoms with van der Waals surface area (Å²) < 4.78 is 42.7. The molecule has 2 bridgehead atoms. The van der Waals surface area contributed by atoms with E-state index in [-0.39, 0.29) is 28.2 Å². The quantitative estimate of drug-likeness (QED) is 0.393. The van der Waals surface area contributed by atoms with Gasteiger partial charge in [-0.05, 0) is 112 Å². The molecule has 49 heavy (non-hydrogen) atoms. The monoisotopic (exact) mass is 710 g/mol. The summed E-state index contributed by atoms with van der Waals surface area (Å²) in [6, 6.07) is 11.0. The van der Waals surface area contributed by atoms with Gasteiger partial charge in [0.25, 0.3) is 15.9 Å². The van der Waals surface area contributed by atoms with Gasteiger partial charge in [0.2, 0.25) is 0 Å². The number of hydrogen-bond donors (Lipinski definition) is 1. The van der Waals surface area contributed by atoms with Gasteiger partial charge >= 0.3 is 6.09 Å². The lowest BCUT2D eigenvalue weighted by atomic mass is 9.68. The van der Waals surface area contributed by atoms with Gasteiger partial charge in [-0.3, -0.25) is 9.69 Å². The number of nitrogens with one attached hydrogen (secondary N) is 1. The third-order valence-electron chi connectivity index (χ3n) is 11.7. The number of likely N-dealkylation sites (N-methyl/N-ethyl adjacent to an activating group) is 1. The second-order valence-corrected chi connectivity index (χ2v) is 17.5. The van der Waals surface area contributed by atoms with Crippen molar-refractivity contribution in [3.63, 3.8) is 0 Å². The summed E-state index contributed by atoms with van der Waals surface area (Å²) in [6.45, 7) is 8.97. The average Bonchev–Trinajstić information content (AvgIpc) is 3.17. The van der Waals surface area contributed by atoms with Crippen LogP contribution >= 0.6 is 11.6 Å². The first-order chi connectivity index (χ1) is 23.3. The van der Waals surface area contributed by atoms with Crippen molar-refractivity contribution >= 4 is 39.3 Å². The number of ether oxygens (including phenoxy) is 2. The molecule has 0 unspecified atom stereocenters. The lowest BCUT2D eigenvalue weighted by molar-refractivity contribution is -0.128. The third kappa shape index (κ3) is 6.42. The van der Waals surface area contributed by atoms with Crippen molar-refractivity contribution in [2.45, 2.75) is 74.8 Å². The van der Waals surface area contributed by atoms with Crippen molar-refractivity contribution in [1.82, 2.24) is 14.5 Å². The molecule has 1 spiro atoms. The Morgan fingerprint density at radius 3 is 2.63 bits per heavy atom. The zero-order valence-corrected chi connectivity index (χ0v) is 30.4. The smallest absolute Gasteiger partial charge is 0.410 e. The molecule has 1 N–H and O–H groups in total. The van der Waals surface area contributed by atoms with Gasteiger partial charge in [0.05, 0.1) is 22.7 Å². The molecular weight excluding hydrogens is 664 g/mol. The fraction of sp³-hybridized carbons (Fsp3) is 0.568. The van der Waals surface area contributed by atoms with Crippen molar-refractivity contribution in [2.24, 2.45) is 17.8 Å². The van der Waals surface area contributed by atoms with E-state index in [1.54, 1.807) is 42.8 Å². The second kappa shape index (κ2) is 12.8. The van der Waals surface area contributed by atoms with Crippen LogP contribution in [0.25, 0.3) is 0 Å². The standard InChI is InChI=1S/C37H47ClN4O6S/c1-24-19-41(20-24)35(44)48-32-8-6-16-40(4)36(2,3)34(43)39-49(45,46)28-11-14-33-31(18-28)42(21-26-9-12-29(26)32)22-37(23-47-33)15-5-7-25-17-27(38)10-13-30(25)37/h6,8,10-11,13-14,17-18,24,26,29,32H,5,7,9,12,15-16,19-23H2,1-4H3,(H,39,43)/b8-6+/t26-,29+,32-,37-/m0/s1. The van der Waals surface area contributed by atoms with E-state index in [1.807, 2.05) is 18.2 Å². The van der Waals surface area contributed by atoms with E-state index >= 15 is 0 Å².